The van der Waals surface area contributed by atoms with Crippen molar-refractivity contribution in [3.63, 3.8) is 0 Å². The number of amides is 10. The number of carbonyl (C=O) groups is 10. The minimum atomic E-state index is -1.08. The summed E-state index contributed by atoms with van der Waals surface area (Å²) in [5.41, 5.74) is 1.33. The van der Waals surface area contributed by atoms with Gasteiger partial charge in [-0.2, -0.15) is 0 Å². The summed E-state index contributed by atoms with van der Waals surface area (Å²) in [5.74, 6) is -4.97. The number of hydrogen-bond acceptors (Lipinski definition) is 16. The number of non-ortho nitro benzene ring substituents is 2. The van der Waals surface area contributed by atoms with Gasteiger partial charge >= 0.3 is 6.09 Å². The van der Waals surface area contributed by atoms with E-state index in [0.717, 1.165) is 26.3 Å². The van der Waals surface area contributed by atoms with Gasteiger partial charge in [-0.1, -0.05) is 80.1 Å². The summed E-state index contributed by atoms with van der Waals surface area (Å²) >= 11 is 0. The van der Waals surface area contributed by atoms with Crippen molar-refractivity contribution in [2.75, 3.05) is 57.7 Å². The van der Waals surface area contributed by atoms with Gasteiger partial charge in [0.1, 0.15) is 18.7 Å². The SMILES string of the molecule is CCN(CCCN(CCN1C(=O)c2cccc3cc([N+](=O)[O-])cc(c23)C1=O)C(=O)OCc1ccc(NC(=O)[C@H](Cc2ccccc2)NC(=O)[C@H](C)NC(=O)CCCCCN2C(=O)C=CC2=O)cc1)CCN1C(=O)c2cccc3cc([N+](=O)[O-])cc(c23)C1=O. The Bertz CT molecular complexity index is 3820. The highest BCUT2D eigenvalue weighted by atomic mass is 16.6. The second-order valence-electron chi connectivity index (χ2n) is 21.4. The van der Waals surface area contributed by atoms with Crippen molar-refractivity contribution >= 4 is 97.9 Å². The molecule has 9 rings (SSSR count). The van der Waals surface area contributed by atoms with Crippen molar-refractivity contribution in [1.29, 1.82) is 0 Å². The first-order valence-corrected chi connectivity index (χ1v) is 28.7. The van der Waals surface area contributed by atoms with E-state index >= 15 is 0 Å². The van der Waals surface area contributed by atoms with Gasteiger partial charge < -0.3 is 30.5 Å². The molecular formula is C63H62N10O15. The van der Waals surface area contributed by atoms with E-state index in [1.54, 1.807) is 78.9 Å². The molecular weight excluding hydrogens is 1140 g/mol. The Kier molecular flexibility index (Phi) is 19.5. The minimum absolute atomic E-state index is 0.0216. The molecule has 3 N–H and O–H groups in total. The molecule has 0 unspecified atom stereocenters. The van der Waals surface area contributed by atoms with E-state index < -0.39 is 69.4 Å². The molecule has 0 aliphatic carbocycles. The smallest absolute Gasteiger partial charge is 0.410 e. The Balaban J connectivity index is 0.827. The van der Waals surface area contributed by atoms with Crippen LogP contribution in [0.15, 0.2) is 127 Å². The number of rotatable bonds is 28. The van der Waals surface area contributed by atoms with Crippen LogP contribution in [-0.2, 0) is 41.7 Å². The Morgan fingerprint density at radius 3 is 1.70 bits per heavy atom. The van der Waals surface area contributed by atoms with Crippen molar-refractivity contribution in [3.05, 3.63) is 181 Å². The van der Waals surface area contributed by atoms with Gasteiger partial charge in [0.25, 0.3) is 46.8 Å². The molecule has 0 aromatic heterocycles. The van der Waals surface area contributed by atoms with Gasteiger partial charge in [-0.3, -0.25) is 78.1 Å². The van der Waals surface area contributed by atoms with Gasteiger partial charge in [-0.15, -0.1) is 0 Å². The molecule has 0 spiro atoms. The van der Waals surface area contributed by atoms with Crippen LogP contribution in [0, 0.1) is 20.2 Å². The van der Waals surface area contributed by atoms with E-state index in [9.17, 15) is 68.2 Å². The first-order valence-electron chi connectivity index (χ1n) is 28.7. The number of nitrogens with one attached hydrogen (secondary N) is 3. The van der Waals surface area contributed by atoms with Gasteiger partial charge in [0.05, 0.1) is 21.0 Å². The Morgan fingerprint density at radius 2 is 1.14 bits per heavy atom. The number of ether oxygens (including phenoxy) is 1. The molecule has 25 heteroatoms. The topological polar surface area (TPSA) is 318 Å². The molecule has 3 heterocycles. The average Bonchev–Trinajstić information content (AvgIpc) is 0.943. The molecule has 454 valence electrons. The van der Waals surface area contributed by atoms with Crippen molar-refractivity contribution in [3.8, 4) is 0 Å². The summed E-state index contributed by atoms with van der Waals surface area (Å²) in [5, 5.41) is 33.2. The zero-order valence-corrected chi connectivity index (χ0v) is 48.1. The molecule has 3 aliphatic rings. The predicted molar refractivity (Wildman–Crippen MR) is 320 cm³/mol. The van der Waals surface area contributed by atoms with Crippen LogP contribution < -0.4 is 16.0 Å². The Labute approximate surface area is 503 Å². The van der Waals surface area contributed by atoms with Crippen LogP contribution in [0.4, 0.5) is 21.9 Å². The van der Waals surface area contributed by atoms with Crippen molar-refractivity contribution < 1.29 is 62.5 Å². The molecule has 0 radical (unpaired) electrons. The van der Waals surface area contributed by atoms with Gasteiger partial charge in [0.2, 0.25) is 17.7 Å². The lowest BCUT2D eigenvalue weighted by molar-refractivity contribution is -0.384. The summed E-state index contributed by atoms with van der Waals surface area (Å²) in [6.45, 7) is 3.71. The maximum absolute atomic E-state index is 14.1. The summed E-state index contributed by atoms with van der Waals surface area (Å²) in [6.07, 6.45) is 3.61. The van der Waals surface area contributed by atoms with Gasteiger partial charge in [0, 0.05) is 116 Å². The van der Waals surface area contributed by atoms with E-state index in [1.165, 1.54) is 48.2 Å². The number of anilines is 1. The van der Waals surface area contributed by atoms with Gasteiger partial charge in [0.15, 0.2) is 0 Å². The zero-order valence-electron chi connectivity index (χ0n) is 48.1. The zero-order chi connectivity index (χ0) is 62.8. The first-order chi connectivity index (χ1) is 42.3. The Hall–Kier alpha value is -10.6. The van der Waals surface area contributed by atoms with Gasteiger partial charge in [-0.25, -0.2) is 4.79 Å². The van der Waals surface area contributed by atoms with E-state index in [4.69, 9.17) is 4.74 Å². The minimum Gasteiger partial charge on any atom is -0.445 e. The lowest BCUT2D eigenvalue weighted by atomic mass is 9.93. The second kappa shape index (κ2) is 27.6. The van der Waals surface area contributed by atoms with Crippen LogP contribution in [0.5, 0.6) is 0 Å². The highest BCUT2D eigenvalue weighted by Crippen LogP contribution is 2.35. The number of unbranched alkanes of at least 4 members (excludes halogenated alkanes) is 2. The number of hydrogen-bond donors (Lipinski definition) is 3. The standard InChI is InChI=1S/C63H62N10O15/c1-3-67(29-31-70-59(79)47-17-10-15-42-34-45(72(84)85)36-49(55(42)47)61(70)81)26-12-27-68(30-32-71-60(80)48-18-11-16-43-35-46(73(86)87)37-50(56(43)48)62(71)82)63(83)88-38-41-20-22-44(23-21-41)65-58(78)51(33-40-13-6-4-7-14-40)66-57(77)39(2)64-52(74)19-8-5-9-28-69-53(75)24-25-54(69)76/h4,6-7,10-11,13-18,20-25,34-37,39,51H,3,5,8-9,12,19,26-33,38H2,1-2H3,(H,64,74)(H,65,78)(H,66,77)/t39-,51-/m0/s1. The fraction of sp³-hybridized carbons (Fsp3) is 0.302. The van der Waals surface area contributed by atoms with Crippen molar-refractivity contribution in [1.82, 2.24) is 35.1 Å². The van der Waals surface area contributed by atoms with E-state index in [1.807, 2.05) is 17.9 Å². The van der Waals surface area contributed by atoms with Crippen LogP contribution >= 0.6 is 0 Å². The van der Waals surface area contributed by atoms with Crippen LogP contribution in [-0.4, -0.2) is 158 Å². The highest BCUT2D eigenvalue weighted by Gasteiger charge is 2.37. The van der Waals surface area contributed by atoms with Gasteiger partial charge in [-0.05, 0) is 85.4 Å². The third kappa shape index (κ3) is 14.2. The van der Waals surface area contributed by atoms with E-state index in [-0.39, 0.29) is 116 Å². The summed E-state index contributed by atoms with van der Waals surface area (Å²) in [7, 11) is 0. The molecule has 2 atom stereocenters. The molecule has 6 aromatic rings. The largest absolute Gasteiger partial charge is 0.445 e. The monoisotopic (exact) mass is 1200 g/mol. The average molecular weight is 1200 g/mol. The number of nitro benzene ring substituents is 2. The maximum atomic E-state index is 14.1. The lowest BCUT2D eigenvalue weighted by Gasteiger charge is -2.31. The second-order valence-corrected chi connectivity index (χ2v) is 21.4. The number of nitro groups is 2. The number of benzene rings is 6. The number of likely N-dealkylation sites (N-methyl/N-ethyl adjacent to an activating group) is 1. The molecule has 0 fully saturated rings. The molecule has 25 nitrogen and oxygen atoms in total. The molecule has 3 aliphatic heterocycles. The van der Waals surface area contributed by atoms with E-state index in [0.29, 0.717) is 59.8 Å². The molecule has 0 saturated carbocycles. The number of nitrogens with zero attached hydrogens (tertiary/aromatic N) is 7. The normalized spacial score (nSPS) is 14.2. The van der Waals surface area contributed by atoms with Crippen molar-refractivity contribution in [2.45, 2.75) is 71.1 Å². The van der Waals surface area contributed by atoms with Crippen LogP contribution in [0.3, 0.4) is 0 Å². The summed E-state index contributed by atoms with van der Waals surface area (Å²) < 4.78 is 5.81. The summed E-state index contributed by atoms with van der Waals surface area (Å²) in [6, 6.07) is 27.6. The number of carbonyl (C=O) groups excluding carboxylic acids is 10. The summed E-state index contributed by atoms with van der Waals surface area (Å²) in [4.78, 5) is 162. The lowest BCUT2D eigenvalue weighted by Crippen LogP contribution is -2.52. The fourth-order valence-electron chi connectivity index (χ4n) is 10.8. The quantitative estimate of drug-likeness (QED) is 0.0199. The fourth-order valence-corrected chi connectivity index (χ4v) is 10.8. The third-order valence-electron chi connectivity index (χ3n) is 15.5. The Morgan fingerprint density at radius 1 is 0.568 bits per heavy atom. The third-order valence-corrected chi connectivity index (χ3v) is 15.5. The van der Waals surface area contributed by atoms with Crippen LogP contribution in [0.2, 0.25) is 0 Å². The molecule has 10 amide bonds. The predicted octanol–water partition coefficient (Wildman–Crippen LogP) is 6.71. The maximum Gasteiger partial charge on any atom is 0.410 e. The molecule has 88 heavy (non-hydrogen) atoms. The molecule has 6 aromatic carbocycles. The van der Waals surface area contributed by atoms with Crippen LogP contribution in [0.1, 0.15) is 98.5 Å². The highest BCUT2D eigenvalue weighted by molar-refractivity contribution is 6.27. The van der Waals surface area contributed by atoms with E-state index in [2.05, 4.69) is 16.0 Å². The molecule has 0 bridgehead atoms. The number of imide groups is 3. The van der Waals surface area contributed by atoms with Crippen LogP contribution in [0.25, 0.3) is 21.5 Å². The molecule has 0 saturated heterocycles. The first kappa shape index (κ1) is 62.0. The van der Waals surface area contributed by atoms with Crippen molar-refractivity contribution in [2.24, 2.45) is 0 Å².